The molecule has 2 rings (SSSR count). The molecule has 7 heteroatoms. The molecule has 1 aliphatic carbocycles. The Kier molecular flexibility index (Phi) is 5.80. The highest BCUT2D eigenvalue weighted by molar-refractivity contribution is 7.89. The molecule has 0 atom stereocenters. The molecule has 3 N–H and O–H groups in total. The lowest BCUT2D eigenvalue weighted by molar-refractivity contribution is 0.168. The molecule has 118 valence electrons. The lowest BCUT2D eigenvalue weighted by atomic mass is 9.91. The largest absolute Gasteiger partial charge is 0.288 e. The van der Waals surface area contributed by atoms with Crippen LogP contribution in [-0.4, -0.2) is 58.6 Å². The van der Waals surface area contributed by atoms with Gasteiger partial charge in [-0.2, -0.15) is 0 Å². The van der Waals surface area contributed by atoms with Crippen molar-refractivity contribution in [1.82, 2.24) is 20.3 Å². The number of sulfonamides is 1. The Bertz CT molecular complexity index is 385. The smallest absolute Gasteiger partial charge is 0.212 e. The minimum Gasteiger partial charge on any atom is -0.288 e. The van der Waals surface area contributed by atoms with E-state index in [2.05, 4.69) is 15.4 Å². The first-order valence-corrected chi connectivity index (χ1v) is 9.25. The molecule has 0 bridgehead atoms. The zero-order chi connectivity index (χ0) is 14.6. The normalized spacial score (nSPS) is 29.8. The van der Waals surface area contributed by atoms with Crippen molar-refractivity contribution >= 4 is 10.0 Å². The lowest BCUT2D eigenvalue weighted by Gasteiger charge is -2.35. The van der Waals surface area contributed by atoms with E-state index in [0.29, 0.717) is 24.8 Å². The van der Waals surface area contributed by atoms with Crippen LogP contribution < -0.4 is 15.4 Å². The SMILES string of the molecule is CN(C)C1NCC(NS(=O)(=O)CC2CCCCC2)CN1. The summed E-state index contributed by atoms with van der Waals surface area (Å²) in [7, 11) is 0.807. The Labute approximate surface area is 122 Å². The number of nitrogens with zero attached hydrogens (tertiary/aromatic N) is 1. The quantitative estimate of drug-likeness (QED) is 0.661. The van der Waals surface area contributed by atoms with Crippen molar-refractivity contribution < 1.29 is 8.42 Å². The number of nitrogens with one attached hydrogen (secondary N) is 3. The summed E-state index contributed by atoms with van der Waals surface area (Å²) < 4.78 is 27.2. The van der Waals surface area contributed by atoms with Crippen LogP contribution in [0.15, 0.2) is 0 Å². The van der Waals surface area contributed by atoms with E-state index >= 15 is 0 Å². The van der Waals surface area contributed by atoms with Crippen LogP contribution in [0.1, 0.15) is 32.1 Å². The minimum atomic E-state index is -3.16. The van der Waals surface area contributed by atoms with Gasteiger partial charge in [0.25, 0.3) is 0 Å². The van der Waals surface area contributed by atoms with E-state index in [1.165, 1.54) is 19.3 Å². The highest BCUT2D eigenvalue weighted by Crippen LogP contribution is 2.24. The molecule has 2 aliphatic rings. The van der Waals surface area contributed by atoms with E-state index in [0.717, 1.165) is 12.8 Å². The van der Waals surface area contributed by atoms with Gasteiger partial charge in [0.2, 0.25) is 10.0 Å². The maximum Gasteiger partial charge on any atom is 0.212 e. The van der Waals surface area contributed by atoms with E-state index in [1.807, 2.05) is 19.0 Å². The van der Waals surface area contributed by atoms with Gasteiger partial charge in [-0.05, 0) is 32.9 Å². The summed E-state index contributed by atoms with van der Waals surface area (Å²) in [6.07, 6.45) is 5.85. The first-order valence-electron chi connectivity index (χ1n) is 7.59. The fourth-order valence-corrected chi connectivity index (χ4v) is 4.79. The molecule has 0 unspecified atom stereocenters. The molecule has 0 aromatic heterocycles. The van der Waals surface area contributed by atoms with Gasteiger partial charge >= 0.3 is 0 Å². The molecule has 0 spiro atoms. The molecule has 20 heavy (non-hydrogen) atoms. The summed E-state index contributed by atoms with van der Waals surface area (Å²) in [4.78, 5) is 2.03. The van der Waals surface area contributed by atoms with Crippen LogP contribution in [-0.2, 0) is 10.0 Å². The van der Waals surface area contributed by atoms with Crippen LogP contribution in [0.4, 0.5) is 0 Å². The number of hydrogen-bond donors (Lipinski definition) is 3. The molecule has 0 amide bonds. The van der Waals surface area contributed by atoms with Crippen LogP contribution in [0.2, 0.25) is 0 Å². The molecule has 1 heterocycles. The molecule has 1 saturated heterocycles. The van der Waals surface area contributed by atoms with Crippen molar-refractivity contribution in [3.63, 3.8) is 0 Å². The monoisotopic (exact) mass is 304 g/mol. The van der Waals surface area contributed by atoms with Crippen LogP contribution in [0.25, 0.3) is 0 Å². The summed E-state index contributed by atoms with van der Waals surface area (Å²) in [6.45, 7) is 1.33. The van der Waals surface area contributed by atoms with Crippen LogP contribution >= 0.6 is 0 Å². The molecule has 1 saturated carbocycles. The fourth-order valence-electron chi connectivity index (χ4n) is 3.07. The van der Waals surface area contributed by atoms with Gasteiger partial charge < -0.3 is 0 Å². The Morgan fingerprint density at radius 1 is 1.10 bits per heavy atom. The first-order chi connectivity index (χ1) is 9.46. The Hall–Kier alpha value is -0.210. The fraction of sp³-hybridized carbons (Fsp3) is 1.00. The van der Waals surface area contributed by atoms with E-state index in [1.54, 1.807) is 0 Å². The van der Waals surface area contributed by atoms with Crippen molar-refractivity contribution in [2.75, 3.05) is 32.9 Å². The molecule has 6 nitrogen and oxygen atoms in total. The predicted octanol–water partition coefficient (Wildman–Crippen LogP) is -0.107. The van der Waals surface area contributed by atoms with Gasteiger partial charge in [0.15, 0.2) is 0 Å². The van der Waals surface area contributed by atoms with Crippen LogP contribution in [0.5, 0.6) is 0 Å². The summed E-state index contributed by atoms with van der Waals surface area (Å²) >= 11 is 0. The van der Waals surface area contributed by atoms with E-state index in [9.17, 15) is 8.42 Å². The summed E-state index contributed by atoms with van der Waals surface area (Å²) in [6, 6.07) is -0.0557. The zero-order valence-electron chi connectivity index (χ0n) is 12.6. The van der Waals surface area contributed by atoms with Crippen molar-refractivity contribution in [3.8, 4) is 0 Å². The molecule has 2 fully saturated rings. The molecule has 0 aromatic rings. The van der Waals surface area contributed by atoms with Gasteiger partial charge in [0.1, 0.15) is 6.29 Å². The summed E-state index contributed by atoms with van der Waals surface area (Å²) in [5.41, 5.74) is 0. The van der Waals surface area contributed by atoms with Gasteiger partial charge in [-0.25, -0.2) is 13.1 Å². The minimum absolute atomic E-state index is 0.0557. The van der Waals surface area contributed by atoms with Crippen molar-refractivity contribution in [2.45, 2.75) is 44.4 Å². The second-order valence-electron chi connectivity index (χ2n) is 6.28. The highest BCUT2D eigenvalue weighted by atomic mass is 32.2. The predicted molar refractivity (Wildman–Crippen MR) is 80.8 cm³/mol. The highest BCUT2D eigenvalue weighted by Gasteiger charge is 2.27. The van der Waals surface area contributed by atoms with Crippen LogP contribution in [0.3, 0.4) is 0 Å². The molecular weight excluding hydrogens is 276 g/mol. The van der Waals surface area contributed by atoms with Gasteiger partial charge in [0, 0.05) is 19.1 Å². The second kappa shape index (κ2) is 7.17. The van der Waals surface area contributed by atoms with Gasteiger partial charge in [-0.1, -0.05) is 19.3 Å². The first kappa shape index (κ1) is 16.2. The lowest BCUT2D eigenvalue weighted by Crippen LogP contribution is -2.64. The topological polar surface area (TPSA) is 73.5 Å². The maximum atomic E-state index is 12.2. The number of hydrogen-bond acceptors (Lipinski definition) is 5. The third-order valence-electron chi connectivity index (χ3n) is 4.16. The van der Waals surface area contributed by atoms with Crippen molar-refractivity contribution in [3.05, 3.63) is 0 Å². The second-order valence-corrected chi connectivity index (χ2v) is 8.08. The average molecular weight is 304 g/mol. The maximum absolute atomic E-state index is 12.2. The van der Waals surface area contributed by atoms with E-state index < -0.39 is 10.0 Å². The van der Waals surface area contributed by atoms with Gasteiger partial charge in [0.05, 0.1) is 5.75 Å². The van der Waals surface area contributed by atoms with Crippen LogP contribution in [0, 0.1) is 5.92 Å². The van der Waals surface area contributed by atoms with Gasteiger partial charge in [-0.3, -0.25) is 15.5 Å². The molecular formula is C13H28N4O2S. The van der Waals surface area contributed by atoms with Crippen molar-refractivity contribution in [2.24, 2.45) is 5.92 Å². The Morgan fingerprint density at radius 3 is 2.25 bits per heavy atom. The summed E-state index contributed by atoms with van der Waals surface area (Å²) in [5.74, 6) is 0.640. The number of rotatable bonds is 5. The van der Waals surface area contributed by atoms with E-state index in [-0.39, 0.29) is 12.3 Å². The molecule has 0 radical (unpaired) electrons. The molecule has 1 aliphatic heterocycles. The van der Waals surface area contributed by atoms with Gasteiger partial charge in [-0.15, -0.1) is 0 Å². The van der Waals surface area contributed by atoms with Crippen molar-refractivity contribution in [1.29, 1.82) is 0 Å². The summed E-state index contributed by atoms with van der Waals surface area (Å²) in [5, 5.41) is 6.57. The molecule has 0 aromatic carbocycles. The Morgan fingerprint density at radius 2 is 1.70 bits per heavy atom. The Balaban J connectivity index is 1.77. The standard InChI is InChI=1S/C13H28N4O2S/c1-17(2)13-14-8-12(9-15-13)16-20(18,19)10-11-6-4-3-5-7-11/h11-16H,3-10H2,1-2H3. The van der Waals surface area contributed by atoms with E-state index in [4.69, 9.17) is 0 Å². The third-order valence-corrected chi connectivity index (χ3v) is 5.76. The zero-order valence-corrected chi connectivity index (χ0v) is 13.4. The average Bonchev–Trinajstić information content (AvgIpc) is 2.39. The third kappa shape index (κ3) is 4.96.